The molecular formula is C23H29N3O2. The fourth-order valence-corrected chi connectivity index (χ4v) is 3.55. The van der Waals surface area contributed by atoms with Gasteiger partial charge in [0.05, 0.1) is 6.54 Å². The van der Waals surface area contributed by atoms with Crippen LogP contribution >= 0.6 is 0 Å². The van der Waals surface area contributed by atoms with Crippen LogP contribution in [0.25, 0.3) is 0 Å². The Hall–Kier alpha value is -2.82. The van der Waals surface area contributed by atoms with Gasteiger partial charge in [0, 0.05) is 36.6 Å². The molecule has 1 N–H and O–H groups in total. The second-order valence-corrected chi connectivity index (χ2v) is 7.11. The van der Waals surface area contributed by atoms with E-state index in [4.69, 9.17) is 0 Å². The Kier molecular flexibility index (Phi) is 7.06. The SMILES string of the molecule is CCN(C(=O)c1ccc(NCC(=O)N2CCCCCC2)cc1)c1ccccc1. The Morgan fingerprint density at radius 3 is 2.18 bits per heavy atom. The number of benzene rings is 2. The van der Waals surface area contributed by atoms with Crippen molar-refractivity contribution in [2.24, 2.45) is 0 Å². The monoisotopic (exact) mass is 379 g/mol. The number of nitrogens with zero attached hydrogens (tertiary/aromatic N) is 2. The van der Waals surface area contributed by atoms with Crippen molar-refractivity contribution in [3.63, 3.8) is 0 Å². The molecule has 5 nitrogen and oxygen atoms in total. The van der Waals surface area contributed by atoms with Crippen molar-refractivity contribution in [1.29, 1.82) is 0 Å². The van der Waals surface area contributed by atoms with Gasteiger partial charge in [-0.25, -0.2) is 0 Å². The molecule has 28 heavy (non-hydrogen) atoms. The Bertz CT molecular complexity index is 766. The minimum Gasteiger partial charge on any atom is -0.376 e. The van der Waals surface area contributed by atoms with E-state index in [1.54, 1.807) is 4.90 Å². The molecule has 0 aromatic heterocycles. The lowest BCUT2D eigenvalue weighted by molar-refractivity contribution is -0.129. The minimum absolute atomic E-state index is 0.0270. The number of para-hydroxylation sites is 1. The molecule has 3 rings (SSSR count). The maximum atomic E-state index is 12.8. The van der Waals surface area contributed by atoms with Crippen LogP contribution in [0.5, 0.6) is 0 Å². The van der Waals surface area contributed by atoms with Crippen LogP contribution in [0.2, 0.25) is 0 Å². The molecule has 0 saturated carbocycles. The van der Waals surface area contributed by atoms with Gasteiger partial charge in [0.1, 0.15) is 0 Å². The number of rotatable bonds is 6. The summed E-state index contributed by atoms with van der Waals surface area (Å²) in [6.45, 7) is 4.58. The molecule has 0 atom stereocenters. The number of carbonyl (C=O) groups is 2. The van der Waals surface area contributed by atoms with Crippen LogP contribution in [0.1, 0.15) is 43.0 Å². The molecule has 0 unspecified atom stereocenters. The summed E-state index contributed by atoms with van der Waals surface area (Å²) in [5, 5.41) is 3.19. The Balaban J connectivity index is 1.58. The van der Waals surface area contributed by atoms with Gasteiger partial charge in [0.2, 0.25) is 5.91 Å². The third kappa shape index (κ3) is 5.12. The Labute approximate surface area is 167 Å². The van der Waals surface area contributed by atoms with Crippen molar-refractivity contribution in [1.82, 2.24) is 4.90 Å². The van der Waals surface area contributed by atoms with E-state index in [0.717, 1.165) is 37.3 Å². The number of nitrogens with one attached hydrogen (secondary N) is 1. The van der Waals surface area contributed by atoms with Crippen molar-refractivity contribution < 1.29 is 9.59 Å². The first-order valence-corrected chi connectivity index (χ1v) is 10.2. The number of likely N-dealkylation sites (tertiary alicyclic amines) is 1. The predicted octanol–water partition coefficient (Wildman–Crippen LogP) is 4.17. The summed E-state index contributed by atoms with van der Waals surface area (Å²) < 4.78 is 0. The zero-order valence-electron chi connectivity index (χ0n) is 16.6. The first-order chi connectivity index (χ1) is 13.7. The third-order valence-corrected chi connectivity index (χ3v) is 5.16. The lowest BCUT2D eigenvalue weighted by atomic mass is 10.1. The van der Waals surface area contributed by atoms with Gasteiger partial charge >= 0.3 is 0 Å². The molecule has 2 amide bonds. The van der Waals surface area contributed by atoms with Crippen LogP contribution in [0, 0.1) is 0 Å². The Morgan fingerprint density at radius 1 is 0.929 bits per heavy atom. The summed E-state index contributed by atoms with van der Waals surface area (Å²) in [6.07, 6.45) is 4.62. The maximum absolute atomic E-state index is 12.8. The molecule has 1 aliphatic rings. The third-order valence-electron chi connectivity index (χ3n) is 5.16. The summed E-state index contributed by atoms with van der Waals surface area (Å²) in [5.74, 6) is 0.115. The molecule has 2 aromatic carbocycles. The van der Waals surface area contributed by atoms with Crippen molar-refractivity contribution in [2.45, 2.75) is 32.6 Å². The van der Waals surface area contributed by atoms with Gasteiger partial charge in [-0.2, -0.15) is 0 Å². The van der Waals surface area contributed by atoms with E-state index in [9.17, 15) is 9.59 Å². The molecule has 0 spiro atoms. The number of amides is 2. The van der Waals surface area contributed by atoms with E-state index in [0.29, 0.717) is 18.7 Å². The molecule has 1 aliphatic heterocycles. The highest BCUT2D eigenvalue weighted by atomic mass is 16.2. The molecule has 1 saturated heterocycles. The lowest BCUT2D eigenvalue weighted by Gasteiger charge is -2.22. The van der Waals surface area contributed by atoms with E-state index >= 15 is 0 Å². The molecule has 1 heterocycles. The first-order valence-electron chi connectivity index (χ1n) is 10.2. The topological polar surface area (TPSA) is 52.7 Å². The van der Waals surface area contributed by atoms with Crippen LogP contribution < -0.4 is 10.2 Å². The number of anilines is 2. The second-order valence-electron chi connectivity index (χ2n) is 7.11. The van der Waals surface area contributed by atoms with Crippen LogP contribution in [0.15, 0.2) is 54.6 Å². The van der Waals surface area contributed by atoms with Crippen LogP contribution in [-0.4, -0.2) is 42.9 Å². The molecule has 2 aromatic rings. The normalized spacial score (nSPS) is 14.2. The van der Waals surface area contributed by atoms with Gasteiger partial charge in [-0.1, -0.05) is 31.0 Å². The molecular weight excluding hydrogens is 350 g/mol. The summed E-state index contributed by atoms with van der Waals surface area (Å²) in [5.41, 5.74) is 2.37. The number of carbonyl (C=O) groups excluding carboxylic acids is 2. The minimum atomic E-state index is -0.0270. The zero-order valence-corrected chi connectivity index (χ0v) is 16.6. The second kappa shape index (κ2) is 9.93. The van der Waals surface area contributed by atoms with Gasteiger partial charge in [0.15, 0.2) is 0 Å². The summed E-state index contributed by atoms with van der Waals surface area (Å²) >= 11 is 0. The average molecular weight is 380 g/mol. The van der Waals surface area contributed by atoms with Crippen LogP contribution in [0.3, 0.4) is 0 Å². The standard InChI is InChI=1S/C23H29N3O2/c1-2-26(21-10-6-5-7-11-21)23(28)19-12-14-20(15-13-19)24-18-22(27)25-16-8-3-4-9-17-25/h5-7,10-15,24H,2-4,8-9,16-18H2,1H3. The fraction of sp³-hybridized carbons (Fsp3) is 0.391. The lowest BCUT2D eigenvalue weighted by Crippen LogP contribution is -2.36. The summed E-state index contributed by atoms with van der Waals surface area (Å²) in [4.78, 5) is 28.9. The van der Waals surface area contributed by atoms with E-state index in [2.05, 4.69) is 5.32 Å². The quantitative estimate of drug-likeness (QED) is 0.820. The fourth-order valence-electron chi connectivity index (χ4n) is 3.55. The maximum Gasteiger partial charge on any atom is 0.258 e. The van der Waals surface area contributed by atoms with Crippen molar-refractivity contribution in [3.8, 4) is 0 Å². The highest BCUT2D eigenvalue weighted by Gasteiger charge is 2.17. The van der Waals surface area contributed by atoms with E-state index < -0.39 is 0 Å². The predicted molar refractivity (Wildman–Crippen MR) is 114 cm³/mol. The van der Waals surface area contributed by atoms with Crippen molar-refractivity contribution in [2.75, 3.05) is 36.4 Å². The average Bonchev–Trinajstić information content (AvgIpc) is 3.03. The first kappa shape index (κ1) is 19.9. The van der Waals surface area contributed by atoms with E-state index in [1.165, 1.54) is 12.8 Å². The largest absolute Gasteiger partial charge is 0.376 e. The molecule has 148 valence electrons. The highest BCUT2D eigenvalue weighted by Crippen LogP contribution is 2.18. The van der Waals surface area contributed by atoms with Crippen molar-refractivity contribution in [3.05, 3.63) is 60.2 Å². The molecule has 0 radical (unpaired) electrons. The zero-order chi connectivity index (χ0) is 19.8. The Morgan fingerprint density at radius 2 is 1.57 bits per heavy atom. The van der Waals surface area contributed by atoms with E-state index in [1.807, 2.05) is 66.4 Å². The number of hydrogen-bond donors (Lipinski definition) is 1. The molecule has 0 aliphatic carbocycles. The van der Waals surface area contributed by atoms with E-state index in [-0.39, 0.29) is 11.8 Å². The van der Waals surface area contributed by atoms with Crippen LogP contribution in [0.4, 0.5) is 11.4 Å². The van der Waals surface area contributed by atoms with Gasteiger partial charge in [0.25, 0.3) is 5.91 Å². The molecule has 5 heteroatoms. The van der Waals surface area contributed by atoms with Gasteiger partial charge < -0.3 is 15.1 Å². The van der Waals surface area contributed by atoms with Crippen molar-refractivity contribution >= 4 is 23.2 Å². The number of hydrogen-bond acceptors (Lipinski definition) is 3. The molecule has 0 bridgehead atoms. The summed E-state index contributed by atoms with van der Waals surface area (Å²) in [7, 11) is 0. The smallest absolute Gasteiger partial charge is 0.258 e. The van der Waals surface area contributed by atoms with Gasteiger partial charge in [-0.3, -0.25) is 9.59 Å². The van der Waals surface area contributed by atoms with Gasteiger partial charge in [-0.15, -0.1) is 0 Å². The summed E-state index contributed by atoms with van der Waals surface area (Å²) in [6, 6.07) is 17.0. The van der Waals surface area contributed by atoms with Crippen LogP contribution in [-0.2, 0) is 4.79 Å². The molecule has 1 fully saturated rings. The van der Waals surface area contributed by atoms with Gasteiger partial charge in [-0.05, 0) is 56.2 Å². The highest BCUT2D eigenvalue weighted by molar-refractivity contribution is 6.06.